The van der Waals surface area contributed by atoms with Gasteiger partial charge in [-0.25, -0.2) is 0 Å². The molecule has 1 atom stereocenters. The van der Waals surface area contributed by atoms with Crippen LogP contribution in [0.2, 0.25) is 0 Å². The van der Waals surface area contributed by atoms with Gasteiger partial charge in [0.25, 0.3) is 0 Å². The summed E-state index contributed by atoms with van der Waals surface area (Å²) in [6, 6.07) is 0. The van der Waals surface area contributed by atoms with E-state index in [1.54, 1.807) is 0 Å². The molecule has 0 aromatic heterocycles. The second-order valence-corrected chi connectivity index (χ2v) is 5.72. The second-order valence-electron chi connectivity index (χ2n) is 5.72. The van der Waals surface area contributed by atoms with E-state index >= 15 is 0 Å². The van der Waals surface area contributed by atoms with Crippen molar-refractivity contribution < 1.29 is 0 Å². The molecule has 0 aliphatic heterocycles. The molecule has 0 heteroatoms. The summed E-state index contributed by atoms with van der Waals surface area (Å²) in [7, 11) is 0. The van der Waals surface area contributed by atoms with Crippen LogP contribution in [0.5, 0.6) is 0 Å². The van der Waals surface area contributed by atoms with Crippen LogP contribution in [-0.2, 0) is 0 Å². The summed E-state index contributed by atoms with van der Waals surface area (Å²) in [6.45, 7) is 13.7. The van der Waals surface area contributed by atoms with Crippen molar-refractivity contribution in [3.05, 3.63) is 16.9 Å². The molecule has 0 radical (unpaired) electrons. The van der Waals surface area contributed by atoms with Gasteiger partial charge in [0.2, 0.25) is 0 Å². The molecule has 0 aliphatic carbocycles. The first-order valence-electron chi connectivity index (χ1n) is 7.46. The van der Waals surface area contributed by atoms with Gasteiger partial charge in [-0.15, -0.1) is 5.73 Å². The van der Waals surface area contributed by atoms with Crippen molar-refractivity contribution in [3.63, 3.8) is 0 Å². The molecule has 0 bridgehead atoms. The molecule has 0 N–H and O–H groups in total. The fraction of sp³-hybridized carbons (Fsp3) is 0.824. The summed E-state index contributed by atoms with van der Waals surface area (Å²) in [6.07, 6.45) is 7.77. The summed E-state index contributed by atoms with van der Waals surface area (Å²) in [5, 5.41) is 0. The Bertz CT molecular complexity index is 251. The zero-order valence-electron chi connectivity index (χ0n) is 12.9. The van der Waals surface area contributed by atoms with Crippen molar-refractivity contribution in [2.75, 3.05) is 0 Å². The Kier molecular flexibility index (Phi) is 9.27. The molecule has 0 amide bonds. The van der Waals surface area contributed by atoms with E-state index in [-0.39, 0.29) is 0 Å². The molecule has 0 saturated heterocycles. The van der Waals surface area contributed by atoms with Crippen LogP contribution in [-0.4, -0.2) is 0 Å². The summed E-state index contributed by atoms with van der Waals surface area (Å²) in [5.74, 6) is 1.54. The molecule has 0 aromatic rings. The van der Waals surface area contributed by atoms with Crippen LogP contribution in [0, 0.1) is 11.8 Å². The molecule has 0 saturated carbocycles. The van der Waals surface area contributed by atoms with Crippen molar-refractivity contribution in [1.29, 1.82) is 0 Å². The van der Waals surface area contributed by atoms with Gasteiger partial charge in [0.05, 0.1) is 0 Å². The van der Waals surface area contributed by atoms with E-state index in [0.717, 1.165) is 12.3 Å². The van der Waals surface area contributed by atoms with Gasteiger partial charge in [-0.05, 0) is 49.2 Å². The van der Waals surface area contributed by atoms with Gasteiger partial charge in [-0.1, -0.05) is 53.9 Å². The van der Waals surface area contributed by atoms with Gasteiger partial charge in [0, 0.05) is 0 Å². The highest BCUT2D eigenvalue weighted by Gasteiger charge is 2.02. The average Bonchev–Trinajstić information content (AvgIpc) is 2.25. The zero-order valence-corrected chi connectivity index (χ0v) is 12.9. The molecule has 0 nitrogen and oxygen atoms in total. The van der Waals surface area contributed by atoms with E-state index in [1.165, 1.54) is 43.3 Å². The molecule has 0 aliphatic rings. The smallest absolute Gasteiger partial charge is 0.0184 e. The summed E-state index contributed by atoms with van der Waals surface area (Å²) in [4.78, 5) is 0. The molecular weight excluding hydrogens is 204 g/mol. The van der Waals surface area contributed by atoms with Gasteiger partial charge in [-0.2, -0.15) is 0 Å². The van der Waals surface area contributed by atoms with Gasteiger partial charge < -0.3 is 0 Å². The Labute approximate surface area is 109 Å². The maximum absolute atomic E-state index is 3.61. The normalized spacial score (nSPS) is 12.4. The highest BCUT2D eigenvalue weighted by molar-refractivity contribution is 5.09. The van der Waals surface area contributed by atoms with Crippen molar-refractivity contribution in [2.24, 2.45) is 11.8 Å². The second kappa shape index (κ2) is 9.54. The first kappa shape index (κ1) is 16.5. The van der Waals surface area contributed by atoms with Crippen molar-refractivity contribution in [3.8, 4) is 0 Å². The van der Waals surface area contributed by atoms with Crippen LogP contribution in [0.4, 0.5) is 0 Å². The lowest BCUT2D eigenvalue weighted by Gasteiger charge is -2.09. The van der Waals surface area contributed by atoms with E-state index in [1.807, 2.05) is 0 Å². The molecule has 100 valence electrons. The topological polar surface area (TPSA) is 0 Å². The molecule has 17 heavy (non-hydrogen) atoms. The van der Waals surface area contributed by atoms with E-state index in [2.05, 4.69) is 47.3 Å². The van der Waals surface area contributed by atoms with E-state index in [0.29, 0.717) is 5.92 Å². The van der Waals surface area contributed by atoms with Crippen LogP contribution < -0.4 is 0 Å². The van der Waals surface area contributed by atoms with E-state index in [4.69, 9.17) is 0 Å². The summed E-state index contributed by atoms with van der Waals surface area (Å²) < 4.78 is 0. The minimum atomic E-state index is 0.647. The zero-order chi connectivity index (χ0) is 13.3. The summed E-state index contributed by atoms with van der Waals surface area (Å²) >= 11 is 0. The molecule has 1 unspecified atom stereocenters. The third-order valence-corrected chi connectivity index (χ3v) is 3.48. The molecular formula is C17H32. The summed E-state index contributed by atoms with van der Waals surface area (Å²) in [5.41, 5.74) is 6.52. The Morgan fingerprint density at radius 3 is 2.18 bits per heavy atom. The van der Waals surface area contributed by atoms with Crippen molar-refractivity contribution in [1.82, 2.24) is 0 Å². The maximum Gasteiger partial charge on any atom is -0.0184 e. The van der Waals surface area contributed by atoms with E-state index < -0.39 is 0 Å². The molecule has 0 fully saturated rings. The standard InChI is InChI=1S/C17H32/c1-7-10-15(5)11-9-12-16(6)13-17(8-2)14(3)4/h14-15H,7-12H2,1-6H3. The van der Waals surface area contributed by atoms with Crippen LogP contribution in [0.25, 0.3) is 0 Å². The minimum Gasteiger partial charge on any atom is -0.123 e. The Balaban J connectivity index is 4.16. The number of allylic oxidation sites excluding steroid dienone is 1. The molecule has 0 aromatic carbocycles. The largest absolute Gasteiger partial charge is 0.123 e. The highest BCUT2D eigenvalue weighted by Crippen LogP contribution is 2.18. The number of hydrogen-bond donors (Lipinski definition) is 0. The van der Waals surface area contributed by atoms with Gasteiger partial charge in [0.15, 0.2) is 0 Å². The Hall–Kier alpha value is -0.480. The SMILES string of the molecule is CCCC(C)CCCC(C)=C=C(CC)C(C)C. The van der Waals surface area contributed by atoms with Crippen LogP contribution in [0.1, 0.15) is 80.1 Å². The molecule has 0 heterocycles. The minimum absolute atomic E-state index is 0.647. The monoisotopic (exact) mass is 236 g/mol. The lowest BCUT2D eigenvalue weighted by atomic mass is 9.96. The van der Waals surface area contributed by atoms with Crippen molar-refractivity contribution in [2.45, 2.75) is 80.1 Å². The molecule has 0 rings (SSSR count). The highest BCUT2D eigenvalue weighted by atomic mass is 14.1. The fourth-order valence-electron chi connectivity index (χ4n) is 2.33. The number of hydrogen-bond acceptors (Lipinski definition) is 0. The Morgan fingerprint density at radius 1 is 1.06 bits per heavy atom. The predicted octanol–water partition coefficient (Wildman–Crippen LogP) is 6.13. The third-order valence-electron chi connectivity index (χ3n) is 3.48. The lowest BCUT2D eigenvalue weighted by molar-refractivity contribution is 0.469. The Morgan fingerprint density at radius 2 is 1.71 bits per heavy atom. The lowest BCUT2D eigenvalue weighted by Crippen LogP contribution is -1.94. The van der Waals surface area contributed by atoms with Crippen LogP contribution in [0.15, 0.2) is 16.9 Å². The van der Waals surface area contributed by atoms with Gasteiger partial charge in [-0.3, -0.25) is 0 Å². The average molecular weight is 236 g/mol. The number of rotatable bonds is 8. The van der Waals surface area contributed by atoms with Crippen LogP contribution in [0.3, 0.4) is 0 Å². The van der Waals surface area contributed by atoms with Gasteiger partial charge in [0.1, 0.15) is 0 Å². The van der Waals surface area contributed by atoms with Gasteiger partial charge >= 0.3 is 0 Å². The predicted molar refractivity (Wildman–Crippen MR) is 79.3 cm³/mol. The quantitative estimate of drug-likeness (QED) is 0.445. The molecule has 0 spiro atoms. The van der Waals surface area contributed by atoms with E-state index in [9.17, 15) is 0 Å². The fourth-order valence-corrected chi connectivity index (χ4v) is 2.33. The third kappa shape index (κ3) is 8.27. The first-order chi connectivity index (χ1) is 8.01. The first-order valence-corrected chi connectivity index (χ1v) is 7.46. The van der Waals surface area contributed by atoms with Crippen molar-refractivity contribution >= 4 is 0 Å². The maximum atomic E-state index is 3.61. The van der Waals surface area contributed by atoms with Crippen LogP contribution >= 0.6 is 0 Å².